The Morgan fingerprint density at radius 3 is 0.808 bits per heavy atom. The van der Waals surface area contributed by atoms with Gasteiger partial charge in [-0.1, -0.05) is 102 Å². The molecule has 0 fully saturated rings. The van der Waals surface area contributed by atoms with Crippen LogP contribution in [-0.4, -0.2) is 96.1 Å². The summed E-state index contributed by atoms with van der Waals surface area (Å²) in [6, 6.07) is 22.9. The van der Waals surface area contributed by atoms with Crippen LogP contribution in [0.3, 0.4) is 0 Å². The van der Waals surface area contributed by atoms with E-state index in [2.05, 4.69) is 80.8 Å². The van der Waals surface area contributed by atoms with Crippen molar-refractivity contribution < 1.29 is 28.4 Å². The highest BCUT2D eigenvalue weighted by Crippen LogP contribution is 2.29. The van der Waals surface area contributed by atoms with Gasteiger partial charge in [0.25, 0.3) is 0 Å². The van der Waals surface area contributed by atoms with Crippen LogP contribution in [0.4, 0.5) is 0 Å². The molecule has 2 aromatic heterocycles. The highest BCUT2D eigenvalue weighted by molar-refractivity contribution is 5.68. The summed E-state index contributed by atoms with van der Waals surface area (Å²) in [4.78, 5) is 17.2. The van der Waals surface area contributed by atoms with Crippen LogP contribution in [0.1, 0.15) is 55.9 Å². The third-order valence-electron chi connectivity index (χ3n) is 11.0. The van der Waals surface area contributed by atoms with Gasteiger partial charge in [0.15, 0.2) is 0 Å². The number of aromatic nitrogens is 6. The first kappa shape index (κ1) is 58.0. The zero-order valence-corrected chi connectivity index (χ0v) is 42.4. The molecule has 402 valence electrons. The van der Waals surface area contributed by atoms with Crippen molar-refractivity contribution in [2.24, 2.45) is 30.7 Å². The average molecular weight is 1060 g/mol. The predicted octanol–water partition coefficient (Wildman–Crippen LogP) is 11.0. The Kier molecular flexibility index (Phi) is 25.0. The standard InChI is InChI=1S/C48H54N24O6/c49-63-55-23-35-11-36(24-56-64-50)16-43(15-35)45-19-39(27-59-67-53)13-41(21-45)29-71-31-47(61-69-71)33-77-9-7-75-5-3-73-1-2-74-4-6-76-8-10-78-34-48-32-72(70-62-48)30-42-14-40(28-60-68-54)20-46(22-42)44-17-37(25-57-65-51)12-38(18-44)26-58-66-52/h11-22,31-32H,1-10,23-30,33-34H2. The van der Waals surface area contributed by atoms with Gasteiger partial charge >= 0.3 is 0 Å². The van der Waals surface area contributed by atoms with Gasteiger partial charge in [0.1, 0.15) is 11.4 Å². The molecule has 0 aliphatic rings. The molecule has 6 aromatic rings. The summed E-state index contributed by atoms with van der Waals surface area (Å²) >= 11 is 0. The van der Waals surface area contributed by atoms with E-state index in [0.717, 1.165) is 66.8 Å². The molecular formula is C48H54N24O6. The first-order valence-electron chi connectivity index (χ1n) is 24.2. The Morgan fingerprint density at radius 2 is 0.551 bits per heavy atom. The molecule has 0 saturated carbocycles. The van der Waals surface area contributed by atoms with Gasteiger partial charge in [-0.05, 0) is 112 Å². The lowest BCUT2D eigenvalue weighted by atomic mass is 9.96. The maximum absolute atomic E-state index is 8.97. The molecule has 0 bridgehead atoms. The Bertz CT molecular complexity index is 2910. The summed E-state index contributed by atoms with van der Waals surface area (Å²) in [5.41, 5.74) is 64.3. The summed E-state index contributed by atoms with van der Waals surface area (Å²) < 4.78 is 37.3. The van der Waals surface area contributed by atoms with Gasteiger partial charge in [-0.3, -0.25) is 0 Å². The average Bonchev–Trinajstić information content (AvgIpc) is 4.15. The molecule has 4 aromatic carbocycles. The third-order valence-corrected chi connectivity index (χ3v) is 11.0. The SMILES string of the molecule is [N-]=[N+]=NCc1cc(CN=[N+]=[N-])cc(-c2cc(CN=[N+]=[N-])cc(Cn3cc(COCCOCCOCCOCCOCCOCc4cn(Cc5cc(CN=[N+]=[N-])cc(-c6cc(CN=[N+]=[N-])cc(CN=[N+]=[N-])c6)c5)nn4)nn3)c2)c1. The fraction of sp³-hybridized carbons (Fsp3) is 0.417. The molecule has 0 aliphatic heterocycles. The minimum absolute atomic E-state index is 0.126. The van der Waals surface area contributed by atoms with Crippen LogP contribution in [0, 0.1) is 0 Å². The molecule has 78 heavy (non-hydrogen) atoms. The zero-order valence-electron chi connectivity index (χ0n) is 42.4. The number of azide groups is 6. The van der Waals surface area contributed by atoms with E-state index in [1.165, 1.54) is 0 Å². The van der Waals surface area contributed by atoms with E-state index in [1.54, 1.807) is 21.8 Å². The number of hydrogen-bond donors (Lipinski definition) is 0. The first-order chi connectivity index (χ1) is 38.4. The van der Waals surface area contributed by atoms with Crippen molar-refractivity contribution in [2.75, 3.05) is 66.1 Å². The van der Waals surface area contributed by atoms with Crippen LogP contribution in [0.5, 0.6) is 0 Å². The quantitative estimate of drug-likeness (QED) is 0.0153. The summed E-state index contributed by atoms with van der Waals surface area (Å²) in [6.45, 7) is 5.84. The Hall–Kier alpha value is -9.22. The Labute approximate surface area is 445 Å². The zero-order chi connectivity index (χ0) is 54.8. The van der Waals surface area contributed by atoms with E-state index >= 15 is 0 Å². The molecule has 0 N–H and O–H groups in total. The van der Waals surface area contributed by atoms with Gasteiger partial charge in [0.2, 0.25) is 0 Å². The second kappa shape index (κ2) is 33.6. The number of nitrogens with zero attached hydrogens (tertiary/aromatic N) is 24. The summed E-state index contributed by atoms with van der Waals surface area (Å²) in [5, 5.41) is 39.2. The summed E-state index contributed by atoms with van der Waals surface area (Å²) in [7, 11) is 0. The number of hydrogen-bond acceptors (Lipinski definition) is 16. The molecular weight excluding hydrogens is 1010 g/mol. The van der Waals surface area contributed by atoms with E-state index < -0.39 is 0 Å². The van der Waals surface area contributed by atoms with Gasteiger partial charge in [0, 0.05) is 29.5 Å². The van der Waals surface area contributed by atoms with E-state index in [9.17, 15) is 0 Å². The highest BCUT2D eigenvalue weighted by atomic mass is 16.6. The van der Waals surface area contributed by atoms with Crippen molar-refractivity contribution >= 4 is 0 Å². The van der Waals surface area contributed by atoms with Crippen LogP contribution >= 0.6 is 0 Å². The first-order valence-corrected chi connectivity index (χ1v) is 24.2. The number of benzene rings is 4. The van der Waals surface area contributed by atoms with E-state index in [0.29, 0.717) is 90.5 Å². The monoisotopic (exact) mass is 1060 g/mol. The molecule has 0 unspecified atom stereocenters. The van der Waals surface area contributed by atoms with Crippen molar-refractivity contribution in [1.29, 1.82) is 0 Å². The summed E-state index contributed by atoms with van der Waals surface area (Å²) in [6.07, 6.45) is 3.58. The van der Waals surface area contributed by atoms with Gasteiger partial charge in [-0.15, -0.1) is 10.2 Å². The molecule has 30 nitrogen and oxygen atoms in total. The van der Waals surface area contributed by atoms with Crippen molar-refractivity contribution in [1.82, 2.24) is 30.0 Å². The van der Waals surface area contributed by atoms with Gasteiger partial charge in [0.05, 0.1) is 144 Å². The topological polar surface area (TPSA) is 409 Å². The molecule has 0 atom stereocenters. The Balaban J connectivity index is 0.807. The molecule has 2 heterocycles. The highest BCUT2D eigenvalue weighted by Gasteiger charge is 2.12. The lowest BCUT2D eigenvalue weighted by Crippen LogP contribution is -2.14. The van der Waals surface area contributed by atoms with Gasteiger partial charge in [-0.25, -0.2) is 9.36 Å². The third kappa shape index (κ3) is 20.8. The van der Waals surface area contributed by atoms with Gasteiger partial charge < -0.3 is 28.4 Å². The molecule has 6 rings (SSSR count). The second-order valence-corrected chi connectivity index (χ2v) is 16.9. The molecule has 0 amide bonds. The number of rotatable bonds is 37. The van der Waals surface area contributed by atoms with Crippen molar-refractivity contribution in [2.45, 2.75) is 65.6 Å². The fourth-order valence-electron chi connectivity index (χ4n) is 7.82. The molecule has 0 saturated heterocycles. The second-order valence-electron chi connectivity index (χ2n) is 16.9. The lowest BCUT2D eigenvalue weighted by molar-refractivity contribution is -0.0188. The van der Waals surface area contributed by atoms with Crippen LogP contribution in [-0.2, 0) is 94.0 Å². The van der Waals surface area contributed by atoms with E-state index in [1.807, 2.05) is 72.8 Å². The molecule has 30 heteroatoms. The Morgan fingerprint density at radius 1 is 0.321 bits per heavy atom. The largest absolute Gasteiger partial charge is 0.377 e. The van der Waals surface area contributed by atoms with Gasteiger partial charge in [-0.2, -0.15) is 0 Å². The maximum Gasteiger partial charge on any atom is 0.108 e. The van der Waals surface area contributed by atoms with Crippen LogP contribution < -0.4 is 0 Å². The van der Waals surface area contributed by atoms with Crippen molar-refractivity contribution in [3.8, 4) is 22.3 Å². The lowest BCUT2D eigenvalue weighted by Gasteiger charge is -2.12. The predicted molar refractivity (Wildman–Crippen MR) is 282 cm³/mol. The normalized spacial score (nSPS) is 10.6. The minimum Gasteiger partial charge on any atom is -0.377 e. The molecule has 0 spiro atoms. The maximum atomic E-state index is 8.97. The van der Waals surface area contributed by atoms with E-state index in [4.69, 9.17) is 61.6 Å². The molecule has 0 aliphatic carbocycles. The van der Waals surface area contributed by atoms with E-state index in [-0.39, 0.29) is 52.5 Å². The van der Waals surface area contributed by atoms with Crippen LogP contribution in [0.2, 0.25) is 0 Å². The van der Waals surface area contributed by atoms with Crippen LogP contribution in [0.25, 0.3) is 84.9 Å². The van der Waals surface area contributed by atoms with Crippen molar-refractivity contribution in [3.63, 3.8) is 0 Å². The van der Waals surface area contributed by atoms with Crippen LogP contribution in [0.15, 0.2) is 116 Å². The minimum atomic E-state index is 0.126. The van der Waals surface area contributed by atoms with Crippen molar-refractivity contribution in [3.05, 3.63) is 204 Å². The smallest absolute Gasteiger partial charge is 0.108 e. The number of ether oxygens (including phenoxy) is 6. The fourth-order valence-corrected chi connectivity index (χ4v) is 7.82. The summed E-state index contributed by atoms with van der Waals surface area (Å²) in [5.74, 6) is 0. The molecule has 0 radical (unpaired) electrons.